The van der Waals surface area contributed by atoms with E-state index in [2.05, 4.69) is 10.6 Å². The smallest absolute Gasteiger partial charge is 0.326 e. The number of nitrogens with one attached hydrogen (secondary N) is 2. The van der Waals surface area contributed by atoms with Crippen molar-refractivity contribution in [2.45, 2.75) is 64.2 Å². The average molecular weight is 399 g/mol. The van der Waals surface area contributed by atoms with Gasteiger partial charge in [-0.3, -0.25) is 19.2 Å². The summed E-state index contributed by atoms with van der Waals surface area (Å²) in [5.74, 6) is -3.95. The van der Waals surface area contributed by atoms with E-state index in [-0.39, 0.29) is 12.3 Å². The number of amides is 4. The fraction of sp³-hybridized carbons (Fsp3) is 0.706. The minimum atomic E-state index is -1.17. The van der Waals surface area contributed by atoms with E-state index >= 15 is 0 Å². The molecule has 1 aliphatic heterocycles. The Hall–Kier alpha value is -2.69. The van der Waals surface area contributed by atoms with E-state index < -0.39 is 53.8 Å². The monoisotopic (exact) mass is 399 g/mol. The Morgan fingerprint density at radius 3 is 2.25 bits per heavy atom. The molecule has 0 aromatic carbocycles. The van der Waals surface area contributed by atoms with E-state index in [0.717, 1.165) is 0 Å². The van der Waals surface area contributed by atoms with E-state index in [1.165, 1.54) is 11.8 Å². The van der Waals surface area contributed by atoms with Gasteiger partial charge >= 0.3 is 5.97 Å². The fourth-order valence-corrected chi connectivity index (χ4v) is 3.01. The second-order valence-electron chi connectivity index (χ2n) is 7.27. The molecule has 28 heavy (non-hydrogen) atoms. The summed E-state index contributed by atoms with van der Waals surface area (Å²) in [5.41, 5.74) is 10.5. The lowest BCUT2D eigenvalue weighted by Gasteiger charge is -2.29. The van der Waals surface area contributed by atoms with Gasteiger partial charge in [0.2, 0.25) is 23.6 Å². The Morgan fingerprint density at radius 1 is 1.14 bits per heavy atom. The highest BCUT2D eigenvalue weighted by atomic mass is 16.4. The third-order valence-electron chi connectivity index (χ3n) is 4.56. The van der Waals surface area contributed by atoms with Gasteiger partial charge in [-0.15, -0.1) is 0 Å². The van der Waals surface area contributed by atoms with Crippen LogP contribution in [0, 0.1) is 5.92 Å². The molecule has 7 N–H and O–H groups in total. The van der Waals surface area contributed by atoms with Crippen LogP contribution in [-0.4, -0.2) is 70.3 Å². The molecule has 11 heteroatoms. The van der Waals surface area contributed by atoms with Crippen LogP contribution in [0.2, 0.25) is 0 Å². The number of nitrogens with zero attached hydrogens (tertiary/aromatic N) is 1. The topological polar surface area (TPSA) is 185 Å². The zero-order valence-electron chi connectivity index (χ0n) is 16.3. The van der Waals surface area contributed by atoms with Gasteiger partial charge in [-0.2, -0.15) is 0 Å². The third-order valence-corrected chi connectivity index (χ3v) is 4.56. The SMILES string of the molecule is CC(NC(=O)C(N)CC(N)=O)C(=O)N1CCCC1C(=O)NC(C(=O)O)C(C)C. The number of carboxylic acid groups (broad SMARTS) is 1. The van der Waals surface area contributed by atoms with E-state index in [1.54, 1.807) is 13.8 Å². The molecule has 1 fully saturated rings. The fourth-order valence-electron chi connectivity index (χ4n) is 3.01. The number of carbonyl (C=O) groups excluding carboxylic acids is 4. The highest BCUT2D eigenvalue weighted by molar-refractivity contribution is 5.95. The predicted molar refractivity (Wildman–Crippen MR) is 98.5 cm³/mol. The summed E-state index contributed by atoms with van der Waals surface area (Å²) in [4.78, 5) is 60.6. The zero-order valence-corrected chi connectivity index (χ0v) is 16.3. The van der Waals surface area contributed by atoms with Crippen LogP contribution < -0.4 is 22.1 Å². The Balaban J connectivity index is 2.75. The van der Waals surface area contributed by atoms with Crippen molar-refractivity contribution in [3.8, 4) is 0 Å². The maximum atomic E-state index is 12.7. The van der Waals surface area contributed by atoms with Gasteiger partial charge in [-0.25, -0.2) is 4.79 Å². The summed E-state index contributed by atoms with van der Waals surface area (Å²) in [6.07, 6.45) is 0.613. The molecule has 0 bridgehead atoms. The summed E-state index contributed by atoms with van der Waals surface area (Å²) < 4.78 is 0. The van der Waals surface area contributed by atoms with Crippen LogP contribution in [-0.2, 0) is 24.0 Å². The number of carboxylic acids is 1. The molecule has 1 rings (SSSR count). The van der Waals surface area contributed by atoms with Gasteiger partial charge in [0.15, 0.2) is 0 Å². The molecule has 0 spiro atoms. The van der Waals surface area contributed by atoms with Gasteiger partial charge in [0, 0.05) is 6.54 Å². The molecule has 1 saturated heterocycles. The minimum absolute atomic E-state index is 0.309. The number of nitrogens with two attached hydrogens (primary N) is 2. The average Bonchev–Trinajstić information content (AvgIpc) is 3.06. The van der Waals surface area contributed by atoms with Crippen molar-refractivity contribution in [3.05, 3.63) is 0 Å². The highest BCUT2D eigenvalue weighted by Crippen LogP contribution is 2.19. The van der Waals surface area contributed by atoms with Crippen LogP contribution in [0.15, 0.2) is 0 Å². The molecule has 0 aromatic heterocycles. The first-order valence-electron chi connectivity index (χ1n) is 9.13. The molecule has 0 radical (unpaired) electrons. The first kappa shape index (κ1) is 23.3. The number of aliphatic carboxylic acids is 1. The van der Waals surface area contributed by atoms with Crippen molar-refractivity contribution in [3.63, 3.8) is 0 Å². The number of hydrogen-bond acceptors (Lipinski definition) is 6. The van der Waals surface area contributed by atoms with Gasteiger partial charge in [0.25, 0.3) is 0 Å². The van der Waals surface area contributed by atoms with Crippen LogP contribution in [0.25, 0.3) is 0 Å². The molecule has 4 atom stereocenters. The second-order valence-corrected chi connectivity index (χ2v) is 7.27. The number of hydrogen-bond donors (Lipinski definition) is 5. The quantitative estimate of drug-likeness (QED) is 0.294. The minimum Gasteiger partial charge on any atom is -0.480 e. The van der Waals surface area contributed by atoms with Crippen molar-refractivity contribution < 1.29 is 29.1 Å². The first-order chi connectivity index (χ1) is 13.0. The zero-order chi connectivity index (χ0) is 21.6. The van der Waals surface area contributed by atoms with Crippen LogP contribution in [0.4, 0.5) is 0 Å². The van der Waals surface area contributed by atoms with E-state index in [0.29, 0.717) is 19.4 Å². The molecule has 0 saturated carbocycles. The summed E-state index contributed by atoms with van der Waals surface area (Å²) in [7, 11) is 0. The van der Waals surface area contributed by atoms with Gasteiger partial charge in [0.05, 0.1) is 12.5 Å². The Morgan fingerprint density at radius 2 is 1.75 bits per heavy atom. The van der Waals surface area contributed by atoms with Crippen LogP contribution in [0.1, 0.15) is 40.0 Å². The molecule has 1 aliphatic rings. The van der Waals surface area contributed by atoms with Crippen LogP contribution >= 0.6 is 0 Å². The molecule has 4 amide bonds. The molecule has 11 nitrogen and oxygen atoms in total. The lowest BCUT2D eigenvalue weighted by Crippen LogP contribution is -2.56. The van der Waals surface area contributed by atoms with Crippen molar-refractivity contribution in [1.29, 1.82) is 0 Å². The Bertz CT molecular complexity index is 638. The lowest BCUT2D eigenvalue weighted by atomic mass is 10.0. The second kappa shape index (κ2) is 10.0. The van der Waals surface area contributed by atoms with E-state index in [9.17, 15) is 29.1 Å². The molecule has 1 heterocycles. The third kappa shape index (κ3) is 6.19. The summed E-state index contributed by atoms with van der Waals surface area (Å²) in [6.45, 7) is 5.09. The predicted octanol–water partition coefficient (Wildman–Crippen LogP) is -2.09. The molecule has 0 aromatic rings. The normalized spacial score (nSPS) is 19.6. The van der Waals surface area contributed by atoms with Gasteiger partial charge in [-0.05, 0) is 25.7 Å². The Kier molecular flexibility index (Phi) is 8.35. The van der Waals surface area contributed by atoms with E-state index in [4.69, 9.17) is 11.5 Å². The van der Waals surface area contributed by atoms with Crippen LogP contribution in [0.5, 0.6) is 0 Å². The molecule has 158 valence electrons. The number of primary amides is 1. The van der Waals surface area contributed by atoms with Crippen molar-refractivity contribution >= 4 is 29.6 Å². The van der Waals surface area contributed by atoms with Crippen molar-refractivity contribution in [2.24, 2.45) is 17.4 Å². The summed E-state index contributed by atoms with van der Waals surface area (Å²) >= 11 is 0. The standard InChI is InChI=1S/C17H29N5O6/c1-8(2)13(17(27)28)21-15(25)11-5-4-6-22(11)16(26)9(3)20-14(24)10(18)7-12(19)23/h8-11,13H,4-7,18H2,1-3H3,(H2,19,23)(H,20,24)(H,21,25)(H,27,28). The van der Waals surface area contributed by atoms with Crippen molar-refractivity contribution in [2.75, 3.05) is 6.54 Å². The Labute approximate surface area is 163 Å². The largest absolute Gasteiger partial charge is 0.480 e. The number of likely N-dealkylation sites (tertiary alicyclic amines) is 1. The molecular formula is C17H29N5O6. The summed E-state index contributed by atoms with van der Waals surface area (Å²) in [5, 5.41) is 14.1. The van der Waals surface area contributed by atoms with Gasteiger partial charge in [-0.1, -0.05) is 13.8 Å². The first-order valence-corrected chi connectivity index (χ1v) is 9.13. The molecule has 4 unspecified atom stereocenters. The molecule has 0 aliphatic carbocycles. The lowest BCUT2D eigenvalue weighted by molar-refractivity contribution is -0.145. The molecular weight excluding hydrogens is 370 g/mol. The number of carbonyl (C=O) groups is 5. The van der Waals surface area contributed by atoms with Crippen LogP contribution in [0.3, 0.4) is 0 Å². The van der Waals surface area contributed by atoms with Gasteiger partial charge in [0.1, 0.15) is 18.1 Å². The van der Waals surface area contributed by atoms with Gasteiger partial charge < -0.3 is 32.1 Å². The maximum Gasteiger partial charge on any atom is 0.326 e. The maximum absolute atomic E-state index is 12.7. The highest BCUT2D eigenvalue weighted by Gasteiger charge is 2.38. The number of rotatable bonds is 9. The van der Waals surface area contributed by atoms with Crippen molar-refractivity contribution in [1.82, 2.24) is 15.5 Å². The van der Waals surface area contributed by atoms with E-state index in [1.807, 2.05) is 0 Å². The summed E-state index contributed by atoms with van der Waals surface area (Å²) in [6, 6.07) is -4.02.